The number of rotatable bonds is 5. The Morgan fingerprint density at radius 1 is 1.55 bits per heavy atom. The molecule has 0 saturated heterocycles. The molecule has 0 saturated carbocycles. The Morgan fingerprint density at radius 3 is 2.90 bits per heavy atom. The topological polar surface area (TPSA) is 58.7 Å². The second-order valence-corrected chi connectivity index (χ2v) is 6.86. The van der Waals surface area contributed by atoms with Crippen LogP contribution in [0.1, 0.15) is 30.1 Å². The van der Waals surface area contributed by atoms with Crippen molar-refractivity contribution in [2.45, 2.75) is 25.3 Å². The predicted molar refractivity (Wildman–Crippen MR) is 82.3 cm³/mol. The number of aromatic nitrogens is 2. The molecule has 4 nitrogen and oxygen atoms in total. The molecule has 0 radical (unpaired) electrons. The Bertz CT molecular complexity index is 688. The van der Waals surface area contributed by atoms with Crippen molar-refractivity contribution in [2.24, 2.45) is 0 Å². The quantitative estimate of drug-likeness (QED) is 0.798. The van der Waals surface area contributed by atoms with Gasteiger partial charge < -0.3 is 4.57 Å². The first-order valence-corrected chi connectivity index (χ1v) is 8.54. The molecule has 0 aliphatic rings. The molecule has 2 atom stereocenters. The Labute approximate surface area is 125 Å². The number of halogens is 1. The van der Waals surface area contributed by atoms with Gasteiger partial charge in [0.25, 0.3) is 0 Å². The van der Waals surface area contributed by atoms with E-state index in [0.717, 1.165) is 17.8 Å². The average molecular weight is 310 g/mol. The summed E-state index contributed by atoms with van der Waals surface area (Å²) < 4.78 is 13.2. The third-order valence-electron chi connectivity index (χ3n) is 3.10. The lowest BCUT2D eigenvalue weighted by molar-refractivity contribution is 0.646. The highest BCUT2D eigenvalue weighted by Crippen LogP contribution is 2.26. The normalized spacial score (nSPS) is 14.1. The first-order valence-electron chi connectivity index (χ1n) is 6.38. The summed E-state index contributed by atoms with van der Waals surface area (Å²) in [7, 11) is -0.803. The Morgan fingerprint density at radius 2 is 2.30 bits per heavy atom. The van der Waals surface area contributed by atoms with Crippen LogP contribution >= 0.6 is 11.6 Å². The molecular weight excluding hydrogens is 294 g/mol. The molecule has 106 valence electrons. The fourth-order valence-electron chi connectivity index (χ4n) is 2.22. The minimum atomic E-state index is -0.803. The summed E-state index contributed by atoms with van der Waals surface area (Å²) in [4.78, 5) is 4.51. The molecule has 0 N–H and O–H groups in total. The van der Waals surface area contributed by atoms with Crippen LogP contribution in [0, 0.1) is 11.3 Å². The minimum absolute atomic E-state index is 0.235. The maximum Gasteiger partial charge on any atom is 0.127 e. The third-order valence-corrected chi connectivity index (χ3v) is 4.16. The molecule has 0 aliphatic carbocycles. The van der Waals surface area contributed by atoms with Crippen molar-refractivity contribution in [3.05, 3.63) is 29.6 Å². The van der Waals surface area contributed by atoms with E-state index in [1.54, 1.807) is 12.3 Å². The standard InChI is InChI=1S/C14H16ClN3OS/c1-10(15)14-17-13-11(9-16)5-3-6-12(13)18(14)7-4-8-20(2)19/h3,5-6,10H,4,7-8H2,1-2H3. The van der Waals surface area contributed by atoms with E-state index in [0.29, 0.717) is 23.4 Å². The average Bonchev–Trinajstić information content (AvgIpc) is 2.77. The lowest BCUT2D eigenvalue weighted by atomic mass is 10.2. The van der Waals surface area contributed by atoms with Gasteiger partial charge in [0.15, 0.2) is 0 Å². The van der Waals surface area contributed by atoms with Crippen molar-refractivity contribution < 1.29 is 4.21 Å². The number of hydrogen-bond donors (Lipinski definition) is 0. The number of nitriles is 1. The zero-order chi connectivity index (χ0) is 14.7. The van der Waals surface area contributed by atoms with Gasteiger partial charge in [-0.25, -0.2) is 4.98 Å². The van der Waals surface area contributed by atoms with E-state index in [4.69, 9.17) is 16.9 Å². The highest BCUT2D eigenvalue weighted by molar-refractivity contribution is 7.84. The van der Waals surface area contributed by atoms with Crippen LogP contribution in [0.5, 0.6) is 0 Å². The highest BCUT2D eigenvalue weighted by Gasteiger charge is 2.16. The van der Waals surface area contributed by atoms with Crippen molar-refractivity contribution in [1.82, 2.24) is 9.55 Å². The van der Waals surface area contributed by atoms with Gasteiger partial charge in [-0.2, -0.15) is 5.26 Å². The summed E-state index contributed by atoms with van der Waals surface area (Å²) in [5, 5.41) is 8.92. The van der Waals surface area contributed by atoms with E-state index >= 15 is 0 Å². The van der Waals surface area contributed by atoms with Crippen molar-refractivity contribution in [3.63, 3.8) is 0 Å². The smallest absolute Gasteiger partial charge is 0.127 e. The van der Waals surface area contributed by atoms with Crippen molar-refractivity contribution in [2.75, 3.05) is 12.0 Å². The van der Waals surface area contributed by atoms with Gasteiger partial charge in [0.2, 0.25) is 0 Å². The molecule has 6 heteroatoms. The van der Waals surface area contributed by atoms with Gasteiger partial charge in [-0.05, 0) is 25.5 Å². The molecule has 0 aliphatic heterocycles. The number of hydrogen-bond acceptors (Lipinski definition) is 3. The van der Waals surface area contributed by atoms with E-state index in [-0.39, 0.29) is 5.38 Å². The van der Waals surface area contributed by atoms with E-state index < -0.39 is 10.8 Å². The van der Waals surface area contributed by atoms with Crippen LogP contribution in [0.15, 0.2) is 18.2 Å². The van der Waals surface area contributed by atoms with Gasteiger partial charge in [-0.1, -0.05) is 6.07 Å². The van der Waals surface area contributed by atoms with Crippen LogP contribution in [0.2, 0.25) is 0 Å². The highest BCUT2D eigenvalue weighted by atomic mass is 35.5. The SMILES string of the molecule is CC(Cl)c1nc2c(C#N)cccc2n1CCCS(C)=O. The Hall–Kier alpha value is -1.38. The minimum Gasteiger partial charge on any atom is -0.327 e. The van der Waals surface area contributed by atoms with E-state index in [2.05, 4.69) is 11.1 Å². The van der Waals surface area contributed by atoms with Crippen LogP contribution in [0.25, 0.3) is 11.0 Å². The lowest BCUT2D eigenvalue weighted by Gasteiger charge is -2.09. The fraction of sp³-hybridized carbons (Fsp3) is 0.429. The van der Waals surface area contributed by atoms with Crippen LogP contribution in [0.3, 0.4) is 0 Å². The number of nitrogens with zero attached hydrogens (tertiary/aromatic N) is 3. The molecule has 0 fully saturated rings. The van der Waals surface area contributed by atoms with E-state index in [1.165, 1.54) is 0 Å². The number of benzene rings is 1. The van der Waals surface area contributed by atoms with Gasteiger partial charge in [0, 0.05) is 29.4 Å². The molecule has 0 amide bonds. The van der Waals surface area contributed by atoms with E-state index in [9.17, 15) is 4.21 Å². The van der Waals surface area contributed by atoms with Crippen LogP contribution < -0.4 is 0 Å². The second kappa shape index (κ2) is 6.38. The third kappa shape index (κ3) is 3.02. The van der Waals surface area contributed by atoms with Gasteiger partial charge in [0.05, 0.1) is 16.5 Å². The molecule has 1 heterocycles. The lowest BCUT2D eigenvalue weighted by Crippen LogP contribution is -2.07. The van der Waals surface area contributed by atoms with Gasteiger partial charge in [-0.3, -0.25) is 4.21 Å². The summed E-state index contributed by atoms with van der Waals surface area (Å²) in [5.41, 5.74) is 2.16. The first kappa shape index (κ1) is 15.0. The van der Waals surface area contributed by atoms with Gasteiger partial charge >= 0.3 is 0 Å². The predicted octanol–water partition coefficient (Wildman–Crippen LogP) is 2.98. The van der Waals surface area contributed by atoms with Gasteiger partial charge in [-0.15, -0.1) is 11.6 Å². The maximum absolute atomic E-state index is 11.2. The monoisotopic (exact) mass is 309 g/mol. The second-order valence-electron chi connectivity index (χ2n) is 4.65. The summed E-state index contributed by atoms with van der Waals surface area (Å²) in [5.74, 6) is 1.40. The Kier molecular flexibility index (Phi) is 4.79. The molecule has 1 aromatic heterocycles. The molecule has 0 spiro atoms. The largest absolute Gasteiger partial charge is 0.327 e. The van der Waals surface area contributed by atoms with Crippen LogP contribution in [0.4, 0.5) is 0 Å². The number of fused-ring (bicyclic) bond motifs is 1. The number of aryl methyl sites for hydroxylation is 1. The molecule has 2 aromatic rings. The number of alkyl halides is 1. The number of imidazole rings is 1. The summed E-state index contributed by atoms with van der Waals surface area (Å²) >= 11 is 6.19. The molecule has 2 unspecified atom stereocenters. The molecule has 2 rings (SSSR count). The zero-order valence-corrected chi connectivity index (χ0v) is 13.0. The summed E-state index contributed by atoms with van der Waals surface area (Å²) in [6.07, 6.45) is 2.49. The van der Waals surface area contributed by atoms with Crippen LogP contribution in [-0.2, 0) is 17.3 Å². The fourth-order valence-corrected chi connectivity index (χ4v) is 2.92. The van der Waals surface area contributed by atoms with Gasteiger partial charge in [0.1, 0.15) is 17.4 Å². The number of para-hydroxylation sites is 1. The summed E-state index contributed by atoms with van der Waals surface area (Å²) in [6.45, 7) is 2.57. The van der Waals surface area contributed by atoms with Crippen LogP contribution in [-0.4, -0.2) is 25.8 Å². The van der Waals surface area contributed by atoms with E-state index in [1.807, 2.05) is 23.6 Å². The summed E-state index contributed by atoms with van der Waals surface area (Å²) in [6, 6.07) is 7.70. The zero-order valence-electron chi connectivity index (χ0n) is 11.5. The van der Waals surface area contributed by atoms with Crippen molar-refractivity contribution in [3.8, 4) is 6.07 Å². The maximum atomic E-state index is 11.2. The van der Waals surface area contributed by atoms with Crippen molar-refractivity contribution in [1.29, 1.82) is 5.26 Å². The molecular formula is C14H16ClN3OS. The molecule has 20 heavy (non-hydrogen) atoms. The van der Waals surface area contributed by atoms with Crippen molar-refractivity contribution >= 4 is 33.4 Å². The molecule has 0 bridgehead atoms. The first-order chi connectivity index (χ1) is 9.54. The Balaban J connectivity index is 2.47. The molecule has 1 aromatic carbocycles.